The molecule has 1 heterocycles. The van der Waals surface area contributed by atoms with Crippen LogP contribution >= 0.6 is 23.2 Å². The van der Waals surface area contributed by atoms with Gasteiger partial charge < -0.3 is 4.74 Å². The van der Waals surface area contributed by atoms with Crippen LogP contribution in [-0.4, -0.2) is 17.6 Å². The Bertz CT molecular complexity index is 441. The fourth-order valence-electron chi connectivity index (χ4n) is 1.37. The highest BCUT2D eigenvalue weighted by Gasteiger charge is 2.19. The Kier molecular flexibility index (Phi) is 5.75. The molecule has 0 aliphatic heterocycles. The van der Waals surface area contributed by atoms with E-state index in [0.29, 0.717) is 0 Å². The molecule has 0 N–H and O–H groups in total. The number of aromatic nitrogens is 1. The van der Waals surface area contributed by atoms with E-state index in [9.17, 15) is 13.6 Å². The zero-order valence-electron chi connectivity index (χ0n) is 9.55. The highest BCUT2D eigenvalue weighted by molar-refractivity contribution is 6.32. The summed E-state index contributed by atoms with van der Waals surface area (Å²) in [6.45, 7) is 1.87. The molecule has 3 nitrogen and oxygen atoms in total. The Balaban J connectivity index is 3.05. The quantitative estimate of drug-likeness (QED) is 0.617. The summed E-state index contributed by atoms with van der Waals surface area (Å²) >= 11 is 11.4. The van der Waals surface area contributed by atoms with Gasteiger partial charge in [0.05, 0.1) is 24.6 Å². The van der Waals surface area contributed by atoms with Gasteiger partial charge in [0.1, 0.15) is 5.69 Å². The van der Waals surface area contributed by atoms with E-state index in [2.05, 4.69) is 4.98 Å². The van der Waals surface area contributed by atoms with E-state index in [1.165, 1.54) is 6.07 Å². The van der Waals surface area contributed by atoms with E-state index in [4.69, 9.17) is 27.9 Å². The van der Waals surface area contributed by atoms with Crippen molar-refractivity contribution in [3.63, 3.8) is 0 Å². The minimum absolute atomic E-state index is 0.0783. The van der Waals surface area contributed by atoms with Gasteiger partial charge in [-0.3, -0.25) is 9.78 Å². The number of rotatable bonds is 5. The van der Waals surface area contributed by atoms with Crippen LogP contribution in [-0.2, 0) is 21.8 Å². The molecule has 0 aliphatic carbocycles. The minimum Gasteiger partial charge on any atom is -0.466 e. The number of esters is 1. The van der Waals surface area contributed by atoms with Gasteiger partial charge in [0.25, 0.3) is 6.43 Å². The van der Waals surface area contributed by atoms with E-state index >= 15 is 0 Å². The first-order valence-electron chi connectivity index (χ1n) is 5.17. The molecule has 0 fully saturated rings. The van der Waals surface area contributed by atoms with Crippen molar-refractivity contribution in [2.24, 2.45) is 0 Å². The van der Waals surface area contributed by atoms with Crippen LogP contribution in [0, 0.1) is 0 Å². The lowest BCUT2D eigenvalue weighted by molar-refractivity contribution is -0.142. The van der Waals surface area contributed by atoms with Crippen molar-refractivity contribution < 1.29 is 18.3 Å². The second-order valence-corrected chi connectivity index (χ2v) is 4.05. The number of carbonyl (C=O) groups excluding carboxylic acids is 1. The van der Waals surface area contributed by atoms with Gasteiger partial charge in [0.15, 0.2) is 0 Å². The van der Waals surface area contributed by atoms with Crippen LogP contribution in [0.5, 0.6) is 0 Å². The number of alkyl halides is 3. The highest BCUT2D eigenvalue weighted by Crippen LogP contribution is 2.29. The summed E-state index contributed by atoms with van der Waals surface area (Å²) in [4.78, 5) is 14.9. The Hall–Kier alpha value is -0.940. The van der Waals surface area contributed by atoms with Gasteiger partial charge in [-0.25, -0.2) is 8.78 Å². The van der Waals surface area contributed by atoms with E-state index in [1.807, 2.05) is 0 Å². The Labute approximate surface area is 113 Å². The molecular weight excluding hydrogens is 287 g/mol. The van der Waals surface area contributed by atoms with Gasteiger partial charge >= 0.3 is 5.97 Å². The van der Waals surface area contributed by atoms with Gasteiger partial charge in [-0.15, -0.1) is 11.6 Å². The van der Waals surface area contributed by atoms with Crippen LogP contribution in [0.1, 0.15) is 30.3 Å². The molecule has 0 aromatic carbocycles. The van der Waals surface area contributed by atoms with Gasteiger partial charge in [0.2, 0.25) is 0 Å². The summed E-state index contributed by atoms with van der Waals surface area (Å²) in [5, 5.41) is 0.0783. The molecule has 0 spiro atoms. The number of hydrogen-bond acceptors (Lipinski definition) is 3. The Morgan fingerprint density at radius 2 is 2.22 bits per heavy atom. The third kappa shape index (κ3) is 3.78. The monoisotopic (exact) mass is 297 g/mol. The maximum atomic E-state index is 12.8. The number of pyridine rings is 1. The van der Waals surface area contributed by atoms with Crippen molar-refractivity contribution >= 4 is 29.2 Å². The predicted octanol–water partition coefficient (Wildman–Crippen LogP) is 3.52. The lowest BCUT2D eigenvalue weighted by Crippen LogP contribution is -2.11. The number of hydrogen-bond donors (Lipinski definition) is 0. The van der Waals surface area contributed by atoms with Crippen molar-refractivity contribution in [2.45, 2.75) is 25.7 Å². The summed E-state index contributed by atoms with van der Waals surface area (Å²) in [6.07, 6.45) is -2.99. The SMILES string of the molecule is CCOC(=O)Cc1cc(Cl)c(CCl)c(C(F)F)n1. The van der Waals surface area contributed by atoms with Gasteiger partial charge in [-0.05, 0) is 13.0 Å². The molecule has 7 heteroatoms. The number of nitrogens with zero attached hydrogens (tertiary/aromatic N) is 1. The zero-order chi connectivity index (χ0) is 13.7. The Morgan fingerprint density at radius 1 is 1.56 bits per heavy atom. The van der Waals surface area contributed by atoms with Crippen LogP contribution in [0.15, 0.2) is 6.07 Å². The molecule has 0 amide bonds. The third-order valence-corrected chi connectivity index (χ3v) is 2.73. The largest absolute Gasteiger partial charge is 0.466 e. The lowest BCUT2D eigenvalue weighted by Gasteiger charge is -2.10. The smallest absolute Gasteiger partial charge is 0.311 e. The zero-order valence-corrected chi connectivity index (χ0v) is 11.1. The molecule has 0 atom stereocenters. The molecule has 0 aliphatic rings. The first-order valence-corrected chi connectivity index (χ1v) is 6.08. The standard InChI is InChI=1S/C11H11Cl2F2NO2/c1-2-18-9(17)4-6-3-8(13)7(5-12)10(16-6)11(14)15/h3,11H,2,4-5H2,1H3. The van der Waals surface area contributed by atoms with E-state index in [1.54, 1.807) is 6.92 Å². The second-order valence-electron chi connectivity index (χ2n) is 3.38. The van der Waals surface area contributed by atoms with Crippen LogP contribution in [0.3, 0.4) is 0 Å². The van der Waals surface area contributed by atoms with Gasteiger partial charge in [-0.1, -0.05) is 11.6 Å². The highest BCUT2D eigenvalue weighted by atomic mass is 35.5. The molecule has 0 saturated carbocycles. The normalized spacial score (nSPS) is 10.8. The molecule has 0 bridgehead atoms. The van der Waals surface area contributed by atoms with Crippen molar-refractivity contribution in [2.75, 3.05) is 6.61 Å². The predicted molar refractivity (Wildman–Crippen MR) is 64.1 cm³/mol. The maximum absolute atomic E-state index is 12.8. The Morgan fingerprint density at radius 3 is 2.72 bits per heavy atom. The molecule has 1 aromatic heterocycles. The van der Waals surface area contributed by atoms with Crippen LogP contribution in [0.4, 0.5) is 8.78 Å². The molecule has 0 saturated heterocycles. The summed E-state index contributed by atoms with van der Waals surface area (Å²) in [5.41, 5.74) is -0.264. The lowest BCUT2D eigenvalue weighted by atomic mass is 10.1. The fraction of sp³-hybridized carbons (Fsp3) is 0.455. The van der Waals surface area contributed by atoms with Crippen LogP contribution in [0.25, 0.3) is 0 Å². The van der Waals surface area contributed by atoms with E-state index in [0.717, 1.165) is 0 Å². The van der Waals surface area contributed by atoms with E-state index < -0.39 is 18.1 Å². The van der Waals surface area contributed by atoms with Crippen LogP contribution < -0.4 is 0 Å². The molecule has 0 radical (unpaired) electrons. The summed E-state index contributed by atoms with van der Waals surface area (Å²) in [7, 11) is 0. The van der Waals surface area contributed by atoms with Gasteiger partial charge in [-0.2, -0.15) is 0 Å². The number of ether oxygens (including phenoxy) is 1. The fourth-order valence-corrected chi connectivity index (χ4v) is 2.01. The second kappa shape index (κ2) is 6.85. The first-order chi connectivity index (χ1) is 8.49. The van der Waals surface area contributed by atoms with Crippen molar-refractivity contribution in [1.82, 2.24) is 4.98 Å². The summed E-state index contributed by atoms with van der Waals surface area (Å²) in [6, 6.07) is 1.35. The molecule has 100 valence electrons. The van der Waals surface area contributed by atoms with Crippen molar-refractivity contribution in [3.05, 3.63) is 28.0 Å². The van der Waals surface area contributed by atoms with E-state index in [-0.39, 0.29) is 35.2 Å². The van der Waals surface area contributed by atoms with Crippen molar-refractivity contribution in [3.8, 4) is 0 Å². The number of halogens is 4. The topological polar surface area (TPSA) is 39.2 Å². The first kappa shape index (κ1) is 15.1. The average Bonchev–Trinajstić information content (AvgIpc) is 2.28. The molecule has 1 aromatic rings. The van der Waals surface area contributed by atoms with Crippen LogP contribution in [0.2, 0.25) is 5.02 Å². The van der Waals surface area contributed by atoms with Gasteiger partial charge in [0, 0.05) is 10.6 Å². The molecular formula is C11H11Cl2F2NO2. The summed E-state index contributed by atoms with van der Waals surface area (Å²) in [5.74, 6) is -0.703. The third-order valence-electron chi connectivity index (χ3n) is 2.13. The van der Waals surface area contributed by atoms with Crippen molar-refractivity contribution in [1.29, 1.82) is 0 Å². The molecule has 1 rings (SSSR count). The minimum atomic E-state index is -2.79. The maximum Gasteiger partial charge on any atom is 0.311 e. The molecule has 18 heavy (non-hydrogen) atoms. The number of carbonyl (C=O) groups is 1. The summed E-state index contributed by atoms with van der Waals surface area (Å²) < 4.78 is 30.2. The molecule has 0 unspecified atom stereocenters. The average molecular weight is 298 g/mol.